The third-order valence-corrected chi connectivity index (χ3v) is 10.5. The van der Waals surface area contributed by atoms with Crippen LogP contribution in [0.2, 0.25) is 0 Å². The lowest BCUT2D eigenvalue weighted by Gasteiger charge is -2.58. The number of carboxylic acids is 1. The van der Waals surface area contributed by atoms with Gasteiger partial charge in [-0.15, -0.1) is 0 Å². The quantitative estimate of drug-likeness (QED) is 0.504. The minimum absolute atomic E-state index is 0.0372. The summed E-state index contributed by atoms with van der Waals surface area (Å²) in [4.78, 5) is 29.3. The number of piperidine rings is 1. The largest absolute Gasteiger partial charge is 0.508 e. The fourth-order valence-electron chi connectivity index (χ4n) is 9.48. The standard InChI is InChI=1S/C30H42N2O4/c33-27-3-1-2-23(15-27)24-13-25-4-5-26(14-24)32(25)9-8-31(28(34)6-7-29(35)36)19-30-16-20-10-21(17-30)12-22(11-20)18-30/h1-3,15,20-22,24-26,33H,4-14,16-19H2,(H,35,36)/t20?,21?,22?,24?,25-,26+,30?. The van der Waals surface area contributed by atoms with E-state index in [1.54, 1.807) is 6.07 Å². The number of aromatic hydroxyl groups is 1. The van der Waals surface area contributed by atoms with E-state index in [1.807, 2.05) is 12.1 Å². The first-order valence-corrected chi connectivity index (χ1v) is 14.4. The Morgan fingerprint density at radius 2 is 1.58 bits per heavy atom. The monoisotopic (exact) mass is 494 g/mol. The molecule has 1 unspecified atom stereocenters. The number of carboxylic acid groups (broad SMARTS) is 1. The van der Waals surface area contributed by atoms with E-state index in [1.165, 1.54) is 56.9 Å². The molecule has 6 heteroatoms. The van der Waals surface area contributed by atoms with Crippen LogP contribution < -0.4 is 0 Å². The summed E-state index contributed by atoms with van der Waals surface area (Å²) in [6.45, 7) is 2.46. The molecule has 1 amide bonds. The summed E-state index contributed by atoms with van der Waals surface area (Å²) in [6.07, 6.45) is 12.7. The van der Waals surface area contributed by atoms with Crippen LogP contribution in [0, 0.1) is 23.2 Å². The van der Waals surface area contributed by atoms with E-state index >= 15 is 0 Å². The molecule has 6 bridgehead atoms. The molecule has 6 fully saturated rings. The zero-order valence-electron chi connectivity index (χ0n) is 21.5. The van der Waals surface area contributed by atoms with E-state index in [9.17, 15) is 19.8 Å². The lowest BCUT2D eigenvalue weighted by atomic mass is 9.49. The van der Waals surface area contributed by atoms with E-state index in [0.717, 1.165) is 50.2 Å². The highest BCUT2D eigenvalue weighted by atomic mass is 16.4. The van der Waals surface area contributed by atoms with Crippen LogP contribution in [0.5, 0.6) is 5.75 Å². The number of nitrogens with zero attached hydrogens (tertiary/aromatic N) is 2. The number of carbonyl (C=O) groups is 2. The van der Waals surface area contributed by atoms with Gasteiger partial charge in [-0.05, 0) is 111 Å². The Kier molecular flexibility index (Phi) is 6.51. The Balaban J connectivity index is 1.12. The summed E-state index contributed by atoms with van der Waals surface area (Å²) in [6, 6.07) is 8.83. The van der Waals surface area contributed by atoms with Crippen LogP contribution in [0.1, 0.15) is 88.5 Å². The van der Waals surface area contributed by atoms with Gasteiger partial charge in [0.25, 0.3) is 0 Å². The predicted molar refractivity (Wildman–Crippen MR) is 138 cm³/mol. The molecule has 3 atom stereocenters. The molecule has 4 saturated carbocycles. The Hall–Kier alpha value is -2.08. The van der Waals surface area contributed by atoms with Crippen LogP contribution >= 0.6 is 0 Å². The summed E-state index contributed by atoms with van der Waals surface area (Å²) in [5.41, 5.74) is 1.52. The number of fused-ring (bicyclic) bond motifs is 2. The average Bonchev–Trinajstić information content (AvgIpc) is 3.05. The van der Waals surface area contributed by atoms with Crippen molar-refractivity contribution in [3.63, 3.8) is 0 Å². The highest BCUT2D eigenvalue weighted by Gasteiger charge is 2.51. The van der Waals surface area contributed by atoms with Crippen molar-refractivity contribution in [1.82, 2.24) is 9.80 Å². The maximum atomic E-state index is 13.3. The molecule has 0 radical (unpaired) electrons. The lowest BCUT2D eigenvalue weighted by Crippen LogP contribution is -2.54. The molecule has 2 N–H and O–H groups in total. The number of rotatable bonds is 9. The number of phenols is 1. The maximum Gasteiger partial charge on any atom is 0.303 e. The van der Waals surface area contributed by atoms with E-state index < -0.39 is 5.97 Å². The highest BCUT2D eigenvalue weighted by molar-refractivity contribution is 5.80. The van der Waals surface area contributed by atoms with Gasteiger partial charge in [-0.3, -0.25) is 14.5 Å². The number of hydrogen-bond donors (Lipinski definition) is 2. The first-order chi connectivity index (χ1) is 17.4. The second-order valence-corrected chi connectivity index (χ2v) is 13.0. The third-order valence-electron chi connectivity index (χ3n) is 10.5. The molecule has 2 heterocycles. The fourth-order valence-corrected chi connectivity index (χ4v) is 9.48. The summed E-state index contributed by atoms with van der Waals surface area (Å²) < 4.78 is 0. The van der Waals surface area contributed by atoms with Crippen molar-refractivity contribution in [2.45, 2.75) is 95.1 Å². The van der Waals surface area contributed by atoms with Crippen LogP contribution in [-0.2, 0) is 9.59 Å². The van der Waals surface area contributed by atoms with Crippen LogP contribution in [0.3, 0.4) is 0 Å². The molecule has 6 nitrogen and oxygen atoms in total. The van der Waals surface area contributed by atoms with Crippen LogP contribution in [0.15, 0.2) is 24.3 Å². The van der Waals surface area contributed by atoms with Crippen molar-refractivity contribution in [3.8, 4) is 5.75 Å². The molecule has 1 aromatic carbocycles. The Bertz CT molecular complexity index is 944. The minimum Gasteiger partial charge on any atom is -0.508 e. The number of amides is 1. The van der Waals surface area contributed by atoms with E-state index in [2.05, 4.69) is 15.9 Å². The normalized spacial score (nSPS) is 36.8. The maximum absolute atomic E-state index is 13.3. The molecule has 7 rings (SSSR count). The van der Waals surface area contributed by atoms with Crippen LogP contribution in [0.4, 0.5) is 0 Å². The molecule has 6 aliphatic rings. The zero-order valence-corrected chi connectivity index (χ0v) is 21.5. The minimum atomic E-state index is -0.884. The smallest absolute Gasteiger partial charge is 0.303 e. The SMILES string of the molecule is O=C(O)CCC(=O)N(CCN1[C@@H]2CC[C@H]1CC(c1cccc(O)c1)C2)CC12CC3CC(CC(C3)C1)C2. The van der Waals surface area contributed by atoms with Gasteiger partial charge in [0.15, 0.2) is 0 Å². The summed E-state index contributed by atoms with van der Waals surface area (Å²) >= 11 is 0. The van der Waals surface area contributed by atoms with Crippen LogP contribution in [0.25, 0.3) is 0 Å². The predicted octanol–water partition coefficient (Wildman–Crippen LogP) is 5.01. The van der Waals surface area contributed by atoms with Crippen molar-refractivity contribution < 1.29 is 19.8 Å². The van der Waals surface area contributed by atoms with Gasteiger partial charge >= 0.3 is 5.97 Å². The Labute approximate surface area is 215 Å². The van der Waals surface area contributed by atoms with Crippen molar-refractivity contribution in [2.24, 2.45) is 23.2 Å². The molecular weight excluding hydrogens is 452 g/mol. The molecule has 0 spiro atoms. The number of carbonyl (C=O) groups excluding carboxylic acids is 1. The summed E-state index contributed by atoms with van der Waals surface area (Å²) in [7, 11) is 0. The van der Waals surface area contributed by atoms with Gasteiger partial charge in [0.05, 0.1) is 6.42 Å². The molecular formula is C30H42N2O4. The van der Waals surface area contributed by atoms with E-state index in [0.29, 0.717) is 23.8 Å². The number of hydrogen-bond acceptors (Lipinski definition) is 4. The highest BCUT2D eigenvalue weighted by Crippen LogP contribution is 2.60. The molecule has 196 valence electrons. The Morgan fingerprint density at radius 1 is 0.944 bits per heavy atom. The van der Waals surface area contributed by atoms with Gasteiger partial charge in [0.2, 0.25) is 5.91 Å². The molecule has 2 saturated heterocycles. The molecule has 1 aromatic rings. The number of phenolic OH excluding ortho intramolecular Hbond substituents is 1. The van der Waals surface area contributed by atoms with Gasteiger partial charge in [-0.1, -0.05) is 12.1 Å². The number of aliphatic carboxylic acids is 1. The van der Waals surface area contributed by atoms with E-state index in [-0.39, 0.29) is 24.2 Å². The summed E-state index contributed by atoms with van der Waals surface area (Å²) in [5.74, 6) is 2.53. The molecule has 36 heavy (non-hydrogen) atoms. The van der Waals surface area contributed by atoms with Gasteiger partial charge in [0, 0.05) is 38.1 Å². The third kappa shape index (κ3) is 4.90. The van der Waals surface area contributed by atoms with Crippen molar-refractivity contribution in [2.75, 3.05) is 19.6 Å². The molecule has 4 aliphatic carbocycles. The first-order valence-electron chi connectivity index (χ1n) is 14.4. The van der Waals surface area contributed by atoms with Crippen LogP contribution in [-0.4, -0.2) is 63.6 Å². The molecule has 0 aromatic heterocycles. The van der Waals surface area contributed by atoms with Gasteiger partial charge in [-0.2, -0.15) is 0 Å². The zero-order chi connectivity index (χ0) is 24.9. The van der Waals surface area contributed by atoms with Gasteiger partial charge < -0.3 is 15.1 Å². The molecule has 2 aliphatic heterocycles. The second-order valence-electron chi connectivity index (χ2n) is 13.0. The van der Waals surface area contributed by atoms with Crippen molar-refractivity contribution in [1.29, 1.82) is 0 Å². The fraction of sp³-hybridized carbons (Fsp3) is 0.733. The second kappa shape index (κ2) is 9.66. The lowest BCUT2D eigenvalue weighted by molar-refractivity contribution is -0.143. The first kappa shape index (κ1) is 24.3. The van der Waals surface area contributed by atoms with Crippen molar-refractivity contribution in [3.05, 3.63) is 29.8 Å². The van der Waals surface area contributed by atoms with Gasteiger partial charge in [-0.25, -0.2) is 0 Å². The summed E-state index contributed by atoms with van der Waals surface area (Å²) in [5, 5.41) is 19.1. The van der Waals surface area contributed by atoms with E-state index in [4.69, 9.17) is 0 Å². The van der Waals surface area contributed by atoms with Gasteiger partial charge in [0.1, 0.15) is 5.75 Å². The van der Waals surface area contributed by atoms with Crippen molar-refractivity contribution >= 4 is 11.9 Å². The average molecular weight is 495 g/mol. The Morgan fingerprint density at radius 3 is 2.17 bits per heavy atom. The topological polar surface area (TPSA) is 81.1 Å². The number of benzene rings is 1.